The minimum Gasteiger partial charge on any atom is -0.480 e. The van der Waals surface area contributed by atoms with E-state index in [1.165, 1.54) is 17.0 Å². The number of aryl methyl sites for hydroxylation is 1. The predicted octanol–water partition coefficient (Wildman–Crippen LogP) is 1.34. The van der Waals surface area contributed by atoms with Crippen molar-refractivity contribution < 1.29 is 23.1 Å². The summed E-state index contributed by atoms with van der Waals surface area (Å²) in [4.78, 5) is 24.4. The Morgan fingerprint density at radius 1 is 1.29 bits per heavy atom. The molecule has 116 valence electrons. The van der Waals surface area contributed by atoms with Crippen LogP contribution in [0.2, 0.25) is 0 Å². The van der Waals surface area contributed by atoms with Crippen molar-refractivity contribution >= 4 is 21.7 Å². The zero-order valence-electron chi connectivity index (χ0n) is 12.3. The van der Waals surface area contributed by atoms with Crippen molar-refractivity contribution in [2.24, 2.45) is 0 Å². The fourth-order valence-electron chi connectivity index (χ4n) is 2.00. The third kappa shape index (κ3) is 4.56. The van der Waals surface area contributed by atoms with Crippen LogP contribution >= 0.6 is 0 Å². The number of carbonyl (C=O) groups excluding carboxylic acids is 1. The summed E-state index contributed by atoms with van der Waals surface area (Å²) in [7, 11) is -3.44. The van der Waals surface area contributed by atoms with Crippen molar-refractivity contribution in [2.75, 3.05) is 19.3 Å². The average molecular weight is 313 g/mol. The van der Waals surface area contributed by atoms with E-state index in [0.29, 0.717) is 18.5 Å². The minimum atomic E-state index is -3.44. The Balaban J connectivity index is 3.20. The van der Waals surface area contributed by atoms with E-state index in [1.54, 1.807) is 13.0 Å². The monoisotopic (exact) mass is 313 g/mol. The Hall–Kier alpha value is -1.89. The maximum Gasteiger partial charge on any atom is 0.323 e. The van der Waals surface area contributed by atoms with E-state index in [-0.39, 0.29) is 10.5 Å². The number of carboxylic acids is 1. The van der Waals surface area contributed by atoms with Crippen molar-refractivity contribution in [1.82, 2.24) is 4.90 Å². The van der Waals surface area contributed by atoms with Crippen LogP contribution in [0, 0.1) is 6.92 Å². The van der Waals surface area contributed by atoms with Crippen LogP contribution in [0.1, 0.15) is 29.3 Å². The van der Waals surface area contributed by atoms with E-state index < -0.39 is 28.3 Å². The molecular formula is C14H19NO5S. The number of aliphatic carboxylic acids is 1. The molecule has 6 nitrogen and oxygen atoms in total. The van der Waals surface area contributed by atoms with Crippen LogP contribution < -0.4 is 0 Å². The van der Waals surface area contributed by atoms with Gasteiger partial charge in [0.15, 0.2) is 9.84 Å². The van der Waals surface area contributed by atoms with Gasteiger partial charge in [0, 0.05) is 18.4 Å². The molecule has 0 aliphatic rings. The highest BCUT2D eigenvalue weighted by molar-refractivity contribution is 7.90. The first-order chi connectivity index (χ1) is 9.66. The molecule has 0 aliphatic heterocycles. The van der Waals surface area contributed by atoms with E-state index in [1.807, 2.05) is 6.92 Å². The molecule has 1 aromatic carbocycles. The maximum atomic E-state index is 12.3. The van der Waals surface area contributed by atoms with Crippen molar-refractivity contribution in [3.8, 4) is 0 Å². The van der Waals surface area contributed by atoms with Gasteiger partial charge in [-0.1, -0.05) is 13.0 Å². The molecular weight excluding hydrogens is 294 g/mol. The Morgan fingerprint density at radius 3 is 2.38 bits per heavy atom. The number of hydrogen-bond acceptors (Lipinski definition) is 4. The van der Waals surface area contributed by atoms with Gasteiger partial charge < -0.3 is 10.0 Å². The highest BCUT2D eigenvalue weighted by Crippen LogP contribution is 2.18. The van der Waals surface area contributed by atoms with E-state index in [4.69, 9.17) is 5.11 Å². The Labute approximate surface area is 124 Å². The van der Waals surface area contributed by atoms with Gasteiger partial charge in [0.25, 0.3) is 5.91 Å². The molecule has 7 heteroatoms. The molecule has 0 atom stereocenters. The van der Waals surface area contributed by atoms with Gasteiger partial charge in [-0.15, -0.1) is 0 Å². The van der Waals surface area contributed by atoms with Crippen LogP contribution in [0.5, 0.6) is 0 Å². The van der Waals surface area contributed by atoms with Crippen LogP contribution in [0.4, 0.5) is 0 Å². The highest BCUT2D eigenvalue weighted by atomic mass is 32.2. The van der Waals surface area contributed by atoms with Crippen LogP contribution in [-0.2, 0) is 14.6 Å². The first kappa shape index (κ1) is 17.2. The molecule has 0 saturated carbocycles. The lowest BCUT2D eigenvalue weighted by atomic mass is 10.1. The van der Waals surface area contributed by atoms with Gasteiger partial charge in [0.2, 0.25) is 0 Å². The summed E-state index contributed by atoms with van der Waals surface area (Å²) < 4.78 is 23.4. The molecule has 0 fully saturated rings. The highest BCUT2D eigenvalue weighted by Gasteiger charge is 2.20. The van der Waals surface area contributed by atoms with Crippen molar-refractivity contribution in [1.29, 1.82) is 0 Å². The number of benzene rings is 1. The molecule has 0 radical (unpaired) electrons. The molecule has 0 spiro atoms. The number of rotatable bonds is 6. The third-order valence-electron chi connectivity index (χ3n) is 2.94. The minimum absolute atomic E-state index is 0.0834. The standard InChI is InChI=1S/C14H19NO5S/c1-4-7-15(9-13(16)17)14(18)11-6-5-10(2)12(8-11)21(3,19)20/h5-6,8H,4,7,9H2,1-3H3,(H,16,17). The average Bonchev–Trinajstić information content (AvgIpc) is 2.36. The number of nitrogens with zero attached hydrogens (tertiary/aromatic N) is 1. The molecule has 1 rings (SSSR count). The van der Waals surface area contributed by atoms with Crippen molar-refractivity contribution in [3.63, 3.8) is 0 Å². The summed E-state index contributed by atoms with van der Waals surface area (Å²) in [6.07, 6.45) is 1.69. The SMILES string of the molecule is CCCN(CC(=O)O)C(=O)c1ccc(C)c(S(C)(=O)=O)c1. The van der Waals surface area contributed by atoms with Crippen LogP contribution in [0.25, 0.3) is 0 Å². The summed E-state index contributed by atoms with van der Waals surface area (Å²) in [6, 6.07) is 4.36. The fraction of sp³-hybridized carbons (Fsp3) is 0.429. The van der Waals surface area contributed by atoms with Gasteiger partial charge >= 0.3 is 5.97 Å². The molecule has 1 N–H and O–H groups in total. The van der Waals surface area contributed by atoms with Gasteiger partial charge in [-0.2, -0.15) is 0 Å². The normalized spacial score (nSPS) is 11.2. The Morgan fingerprint density at radius 2 is 1.90 bits per heavy atom. The van der Waals surface area contributed by atoms with E-state index in [2.05, 4.69) is 0 Å². The quantitative estimate of drug-likeness (QED) is 0.855. The van der Waals surface area contributed by atoms with E-state index in [0.717, 1.165) is 6.26 Å². The Kier molecular flexibility index (Phi) is 5.48. The van der Waals surface area contributed by atoms with Gasteiger partial charge in [-0.05, 0) is 31.0 Å². The van der Waals surface area contributed by atoms with Gasteiger partial charge in [0.1, 0.15) is 6.54 Å². The number of sulfone groups is 1. The molecule has 0 aromatic heterocycles. The lowest BCUT2D eigenvalue weighted by Crippen LogP contribution is -2.36. The lowest BCUT2D eigenvalue weighted by molar-refractivity contribution is -0.137. The van der Waals surface area contributed by atoms with Crippen LogP contribution in [0.3, 0.4) is 0 Å². The fourth-order valence-corrected chi connectivity index (χ4v) is 2.99. The zero-order valence-corrected chi connectivity index (χ0v) is 13.1. The second-order valence-corrected chi connectivity index (χ2v) is 6.86. The summed E-state index contributed by atoms with van der Waals surface area (Å²) in [5.41, 5.74) is 0.727. The predicted molar refractivity (Wildman–Crippen MR) is 78.1 cm³/mol. The lowest BCUT2D eigenvalue weighted by Gasteiger charge is -2.20. The third-order valence-corrected chi connectivity index (χ3v) is 4.18. The van der Waals surface area contributed by atoms with Crippen LogP contribution in [0.15, 0.2) is 23.1 Å². The molecule has 0 saturated heterocycles. The molecule has 0 aliphatic carbocycles. The van der Waals surface area contributed by atoms with E-state index in [9.17, 15) is 18.0 Å². The molecule has 0 heterocycles. The van der Waals surface area contributed by atoms with Gasteiger partial charge in [-0.3, -0.25) is 9.59 Å². The molecule has 0 unspecified atom stereocenters. The van der Waals surface area contributed by atoms with Crippen molar-refractivity contribution in [2.45, 2.75) is 25.2 Å². The number of hydrogen-bond donors (Lipinski definition) is 1. The maximum absolute atomic E-state index is 12.3. The first-order valence-corrected chi connectivity index (χ1v) is 8.37. The number of carbonyl (C=O) groups is 2. The van der Waals surface area contributed by atoms with Gasteiger partial charge in [0.05, 0.1) is 4.90 Å². The van der Waals surface area contributed by atoms with Crippen LogP contribution in [-0.4, -0.2) is 49.6 Å². The Bertz CT molecular complexity index is 651. The summed E-state index contributed by atoms with van der Waals surface area (Å²) in [6.45, 7) is 3.37. The van der Waals surface area contributed by atoms with Gasteiger partial charge in [-0.25, -0.2) is 8.42 Å². The first-order valence-electron chi connectivity index (χ1n) is 6.48. The number of amides is 1. The smallest absolute Gasteiger partial charge is 0.323 e. The summed E-state index contributed by atoms with van der Waals surface area (Å²) in [5, 5.41) is 8.84. The molecule has 1 amide bonds. The number of carboxylic acid groups (broad SMARTS) is 1. The summed E-state index contributed by atoms with van der Waals surface area (Å²) >= 11 is 0. The summed E-state index contributed by atoms with van der Waals surface area (Å²) in [5.74, 6) is -1.59. The van der Waals surface area contributed by atoms with Crippen molar-refractivity contribution in [3.05, 3.63) is 29.3 Å². The van der Waals surface area contributed by atoms with E-state index >= 15 is 0 Å². The molecule has 1 aromatic rings. The zero-order chi connectivity index (χ0) is 16.2. The molecule has 0 bridgehead atoms. The second-order valence-electron chi connectivity index (χ2n) is 4.87. The second kappa shape index (κ2) is 6.71. The topological polar surface area (TPSA) is 91.8 Å². The largest absolute Gasteiger partial charge is 0.480 e. The molecule has 21 heavy (non-hydrogen) atoms.